The molecule has 1 saturated carbocycles. The Bertz CT molecular complexity index is 470. The van der Waals surface area contributed by atoms with E-state index in [1.54, 1.807) is 12.1 Å². The second-order valence-electron chi connectivity index (χ2n) is 4.65. The number of nitro groups is 1. The Balaban J connectivity index is 1.97. The molecule has 0 bridgehead atoms. The van der Waals surface area contributed by atoms with E-state index in [4.69, 9.17) is 0 Å². The quantitative estimate of drug-likeness (QED) is 0.462. The van der Waals surface area contributed by atoms with Crippen LogP contribution in [0.1, 0.15) is 26.2 Å². The molecule has 0 heterocycles. The highest BCUT2D eigenvalue weighted by Crippen LogP contribution is 2.32. The van der Waals surface area contributed by atoms with Gasteiger partial charge >= 0.3 is 0 Å². The number of benzene rings is 1. The molecule has 0 aliphatic heterocycles. The van der Waals surface area contributed by atoms with Gasteiger partial charge in [-0.05, 0) is 59.7 Å². The first kappa shape index (κ1) is 14.9. The molecule has 1 fully saturated rings. The van der Waals surface area contributed by atoms with Gasteiger partial charge in [-0.1, -0.05) is 6.92 Å². The maximum absolute atomic E-state index is 10.8. The third kappa shape index (κ3) is 3.98. The number of anilines is 1. The van der Waals surface area contributed by atoms with E-state index in [-0.39, 0.29) is 10.6 Å². The van der Waals surface area contributed by atoms with Crippen molar-refractivity contribution in [1.82, 2.24) is 0 Å². The lowest BCUT2D eigenvalue weighted by atomic mass is 10.2. The fourth-order valence-electron chi connectivity index (χ4n) is 2.44. The van der Waals surface area contributed by atoms with Crippen molar-refractivity contribution in [2.24, 2.45) is 0 Å². The molecule has 0 spiro atoms. The van der Waals surface area contributed by atoms with Crippen LogP contribution in [0.25, 0.3) is 0 Å². The summed E-state index contributed by atoms with van der Waals surface area (Å²) in [6.45, 7) is 2.20. The number of thioether (sulfide) groups is 1. The third-order valence-electron chi connectivity index (χ3n) is 3.30. The van der Waals surface area contributed by atoms with Crippen LogP contribution in [0.5, 0.6) is 0 Å². The molecule has 0 amide bonds. The zero-order valence-electron chi connectivity index (χ0n) is 10.8. The number of hydrogen-bond acceptors (Lipinski definition) is 4. The summed E-state index contributed by atoms with van der Waals surface area (Å²) in [7, 11) is 0. The number of nitro benzene ring substituents is 1. The zero-order chi connectivity index (χ0) is 13.8. The molecule has 19 heavy (non-hydrogen) atoms. The Kier molecular flexibility index (Phi) is 5.32. The highest BCUT2D eigenvalue weighted by molar-refractivity contribution is 14.1. The molecule has 4 nitrogen and oxygen atoms in total. The lowest BCUT2D eigenvalue weighted by molar-refractivity contribution is -0.385. The first-order valence-corrected chi connectivity index (χ1v) is 8.55. The smallest absolute Gasteiger partial charge is 0.282 e. The monoisotopic (exact) mass is 392 g/mol. The van der Waals surface area contributed by atoms with Crippen LogP contribution in [0.15, 0.2) is 18.2 Å². The molecule has 1 aromatic carbocycles. The van der Waals surface area contributed by atoms with E-state index in [1.165, 1.54) is 25.0 Å². The van der Waals surface area contributed by atoms with E-state index in [9.17, 15) is 10.1 Å². The molecule has 2 rings (SSSR count). The van der Waals surface area contributed by atoms with Crippen molar-refractivity contribution in [3.63, 3.8) is 0 Å². The standard InChI is InChI=1S/C13H17IN2O2S/c1-2-19-11-5-3-9(7-11)15-10-4-6-13(16(17)18)12(14)8-10/h4,6,8-9,11,15H,2-3,5,7H2,1H3. The van der Waals surface area contributed by atoms with Crippen molar-refractivity contribution in [2.45, 2.75) is 37.5 Å². The second-order valence-corrected chi connectivity index (χ2v) is 7.39. The van der Waals surface area contributed by atoms with Crippen LogP contribution in [0, 0.1) is 13.7 Å². The average molecular weight is 392 g/mol. The van der Waals surface area contributed by atoms with Gasteiger partial charge in [-0.25, -0.2) is 0 Å². The van der Waals surface area contributed by atoms with Crippen molar-refractivity contribution >= 4 is 45.7 Å². The molecule has 0 radical (unpaired) electrons. The predicted octanol–water partition coefficient (Wildman–Crippen LogP) is 4.29. The fourth-order valence-corrected chi connectivity index (χ4v) is 4.29. The maximum atomic E-state index is 10.8. The SMILES string of the molecule is CCSC1CCC(Nc2ccc([N+](=O)[O-])c(I)c2)C1. The normalized spacial score (nSPS) is 22.4. The topological polar surface area (TPSA) is 55.2 Å². The van der Waals surface area contributed by atoms with Gasteiger partial charge in [0.05, 0.1) is 8.49 Å². The summed E-state index contributed by atoms with van der Waals surface area (Å²) in [6.07, 6.45) is 3.64. The highest BCUT2D eigenvalue weighted by atomic mass is 127. The number of nitrogens with one attached hydrogen (secondary N) is 1. The maximum Gasteiger partial charge on any atom is 0.282 e. The van der Waals surface area contributed by atoms with E-state index in [2.05, 4.69) is 12.2 Å². The van der Waals surface area contributed by atoms with Crippen molar-refractivity contribution < 1.29 is 4.92 Å². The van der Waals surface area contributed by atoms with Crippen LogP contribution in [0.4, 0.5) is 11.4 Å². The molecule has 0 aromatic heterocycles. The van der Waals surface area contributed by atoms with Crippen LogP contribution < -0.4 is 5.32 Å². The van der Waals surface area contributed by atoms with Crippen LogP contribution in [0.3, 0.4) is 0 Å². The Morgan fingerprint density at radius 1 is 1.53 bits per heavy atom. The predicted molar refractivity (Wildman–Crippen MR) is 89.0 cm³/mol. The Labute approximate surface area is 131 Å². The van der Waals surface area contributed by atoms with Crippen LogP contribution in [0.2, 0.25) is 0 Å². The minimum atomic E-state index is -0.338. The Morgan fingerprint density at radius 3 is 2.95 bits per heavy atom. The van der Waals surface area contributed by atoms with Crippen LogP contribution in [-0.4, -0.2) is 22.0 Å². The summed E-state index contributed by atoms with van der Waals surface area (Å²) in [6, 6.07) is 5.75. The summed E-state index contributed by atoms with van der Waals surface area (Å²) >= 11 is 4.05. The van der Waals surface area contributed by atoms with E-state index < -0.39 is 0 Å². The highest BCUT2D eigenvalue weighted by Gasteiger charge is 2.24. The second kappa shape index (κ2) is 6.78. The van der Waals surface area contributed by atoms with Gasteiger partial charge in [0.25, 0.3) is 5.69 Å². The summed E-state index contributed by atoms with van der Waals surface area (Å²) < 4.78 is 0.685. The summed E-state index contributed by atoms with van der Waals surface area (Å²) in [5.74, 6) is 1.17. The summed E-state index contributed by atoms with van der Waals surface area (Å²) in [4.78, 5) is 10.4. The summed E-state index contributed by atoms with van der Waals surface area (Å²) in [5, 5.41) is 15.0. The molecule has 0 saturated heterocycles. The third-order valence-corrected chi connectivity index (χ3v) is 5.40. The Morgan fingerprint density at radius 2 is 2.32 bits per heavy atom. The molecule has 1 aromatic rings. The van der Waals surface area contributed by atoms with E-state index >= 15 is 0 Å². The summed E-state index contributed by atoms with van der Waals surface area (Å²) in [5.41, 5.74) is 1.17. The molecule has 1 N–H and O–H groups in total. The number of nitrogens with zero attached hydrogens (tertiary/aromatic N) is 1. The van der Waals surface area contributed by atoms with Crippen molar-refractivity contribution in [1.29, 1.82) is 0 Å². The molecule has 2 unspecified atom stereocenters. The number of rotatable bonds is 5. The van der Waals surface area contributed by atoms with Gasteiger partial charge in [0.1, 0.15) is 0 Å². The molecule has 2 atom stereocenters. The minimum Gasteiger partial charge on any atom is -0.382 e. The van der Waals surface area contributed by atoms with E-state index in [0.717, 1.165) is 10.9 Å². The van der Waals surface area contributed by atoms with Gasteiger partial charge in [0.15, 0.2) is 0 Å². The van der Waals surface area contributed by atoms with Gasteiger partial charge in [-0.2, -0.15) is 11.8 Å². The first-order valence-electron chi connectivity index (χ1n) is 6.42. The van der Waals surface area contributed by atoms with Crippen LogP contribution in [-0.2, 0) is 0 Å². The van der Waals surface area contributed by atoms with Gasteiger partial charge in [0.2, 0.25) is 0 Å². The molecular formula is C13H17IN2O2S. The molecular weight excluding hydrogens is 375 g/mol. The minimum absolute atomic E-state index is 0.178. The van der Waals surface area contributed by atoms with Gasteiger partial charge in [-0.3, -0.25) is 10.1 Å². The number of halogens is 1. The Hall–Kier alpha value is -0.500. The van der Waals surface area contributed by atoms with Gasteiger partial charge in [-0.15, -0.1) is 0 Å². The molecule has 6 heteroatoms. The first-order chi connectivity index (χ1) is 9.10. The molecule has 1 aliphatic carbocycles. The van der Waals surface area contributed by atoms with Crippen LogP contribution >= 0.6 is 34.4 Å². The van der Waals surface area contributed by atoms with Gasteiger partial charge in [0, 0.05) is 23.0 Å². The zero-order valence-corrected chi connectivity index (χ0v) is 13.7. The van der Waals surface area contributed by atoms with Crippen molar-refractivity contribution in [3.05, 3.63) is 31.9 Å². The average Bonchev–Trinajstić information content (AvgIpc) is 2.76. The lowest BCUT2D eigenvalue weighted by Crippen LogP contribution is -2.16. The molecule has 1 aliphatic rings. The van der Waals surface area contributed by atoms with Gasteiger partial charge < -0.3 is 5.32 Å². The van der Waals surface area contributed by atoms with E-state index in [0.29, 0.717) is 9.61 Å². The van der Waals surface area contributed by atoms with E-state index in [1.807, 2.05) is 40.4 Å². The largest absolute Gasteiger partial charge is 0.382 e. The lowest BCUT2D eigenvalue weighted by Gasteiger charge is -2.14. The van der Waals surface area contributed by atoms with Crippen molar-refractivity contribution in [3.8, 4) is 0 Å². The molecule has 104 valence electrons. The van der Waals surface area contributed by atoms with Crippen molar-refractivity contribution in [2.75, 3.05) is 11.1 Å². The number of hydrogen-bond donors (Lipinski definition) is 1. The fraction of sp³-hybridized carbons (Fsp3) is 0.538.